The number of aryl methyl sites for hydroxylation is 1. The van der Waals surface area contributed by atoms with Crippen LogP contribution in [0.2, 0.25) is 0 Å². The van der Waals surface area contributed by atoms with E-state index in [0.29, 0.717) is 5.69 Å². The number of rotatable bonds is 5. The Kier molecular flexibility index (Phi) is 5.86. The Hall–Kier alpha value is -2.36. The van der Waals surface area contributed by atoms with Crippen LogP contribution in [-0.2, 0) is 30.8 Å². The van der Waals surface area contributed by atoms with Crippen LogP contribution < -0.4 is 9.62 Å². The fourth-order valence-electron chi connectivity index (χ4n) is 3.85. The molecule has 0 radical (unpaired) electrons. The molecule has 2 aromatic carbocycles. The number of carbonyl (C=O) groups excluding carboxylic acids is 2. The highest BCUT2D eigenvalue weighted by Gasteiger charge is 2.30. The van der Waals surface area contributed by atoms with Crippen LogP contribution >= 0.6 is 11.8 Å². The van der Waals surface area contributed by atoms with Crippen molar-refractivity contribution in [2.45, 2.75) is 35.1 Å². The molecule has 1 atom stereocenters. The van der Waals surface area contributed by atoms with E-state index in [9.17, 15) is 18.0 Å². The van der Waals surface area contributed by atoms with Gasteiger partial charge in [-0.1, -0.05) is 24.3 Å². The van der Waals surface area contributed by atoms with E-state index in [4.69, 9.17) is 0 Å². The van der Waals surface area contributed by atoms with Crippen molar-refractivity contribution in [3.63, 3.8) is 0 Å². The van der Waals surface area contributed by atoms with Gasteiger partial charge in [-0.2, -0.15) is 0 Å². The molecule has 0 bridgehead atoms. The van der Waals surface area contributed by atoms with Crippen molar-refractivity contribution >= 4 is 39.3 Å². The second-order valence-corrected chi connectivity index (χ2v) is 9.97. The van der Waals surface area contributed by atoms with Crippen LogP contribution in [0.4, 0.5) is 5.69 Å². The number of fused-ring (bicyclic) bond motifs is 2. The molecule has 1 N–H and O–H groups in total. The number of nitrogens with one attached hydrogen (secondary N) is 1. The smallest absolute Gasteiger partial charge is 0.325 e. The largest absolute Gasteiger partial charge is 0.468 e. The number of thioether (sulfide) groups is 1. The highest BCUT2D eigenvalue weighted by Crippen LogP contribution is 2.37. The summed E-state index contributed by atoms with van der Waals surface area (Å²) in [4.78, 5) is 26.2. The number of carbonyl (C=O) groups is 2. The molecule has 1 aliphatic heterocycles. The van der Waals surface area contributed by atoms with Crippen LogP contribution in [0.15, 0.2) is 52.3 Å². The molecule has 2 aromatic rings. The van der Waals surface area contributed by atoms with E-state index in [2.05, 4.69) is 9.46 Å². The number of esters is 1. The van der Waals surface area contributed by atoms with E-state index >= 15 is 0 Å². The first-order valence-electron chi connectivity index (χ1n) is 9.63. The topological polar surface area (TPSA) is 92.8 Å². The first-order valence-corrected chi connectivity index (χ1v) is 12.1. The zero-order valence-corrected chi connectivity index (χ0v) is 18.1. The summed E-state index contributed by atoms with van der Waals surface area (Å²) in [7, 11) is -2.58. The van der Waals surface area contributed by atoms with Crippen LogP contribution in [0.5, 0.6) is 0 Å². The standard InChI is InChI=1S/C21H22N2O5S2/c1-28-21(25)12-23-18-11-15(9-10-19(18)29-13-20(23)24)30(26,27)22-17-8-4-6-14-5-2-3-7-16(14)17/h2-3,5,7,9-11,17,22H,4,6,8,12-13H2,1H3/t17-/m1/s1. The summed E-state index contributed by atoms with van der Waals surface area (Å²) in [5, 5.41) is 0. The molecular weight excluding hydrogens is 424 g/mol. The SMILES string of the molecule is COC(=O)CN1C(=O)CSc2ccc(S(=O)(=O)N[C@@H]3CCCc4ccccc43)cc21. The Morgan fingerprint density at radius 2 is 2.07 bits per heavy atom. The third kappa shape index (κ3) is 4.10. The molecule has 1 amide bonds. The third-order valence-corrected chi connectivity index (χ3v) is 7.88. The summed E-state index contributed by atoms with van der Waals surface area (Å²) >= 11 is 1.32. The highest BCUT2D eigenvalue weighted by molar-refractivity contribution is 8.00. The van der Waals surface area contributed by atoms with Crippen molar-refractivity contribution in [3.8, 4) is 0 Å². The fourth-order valence-corrected chi connectivity index (χ4v) is 6.03. The Balaban J connectivity index is 1.65. The molecule has 0 unspecified atom stereocenters. The molecule has 0 saturated heterocycles. The Morgan fingerprint density at radius 1 is 1.27 bits per heavy atom. The van der Waals surface area contributed by atoms with Crippen molar-refractivity contribution in [1.82, 2.24) is 4.72 Å². The van der Waals surface area contributed by atoms with E-state index in [1.54, 1.807) is 6.07 Å². The van der Waals surface area contributed by atoms with Gasteiger partial charge in [-0.25, -0.2) is 13.1 Å². The Morgan fingerprint density at radius 3 is 2.87 bits per heavy atom. The summed E-state index contributed by atoms with van der Waals surface area (Å²) in [6.07, 6.45) is 2.57. The second kappa shape index (κ2) is 8.41. The summed E-state index contributed by atoms with van der Waals surface area (Å²) < 4.78 is 33.8. The van der Waals surface area contributed by atoms with Gasteiger partial charge in [0.1, 0.15) is 6.54 Å². The second-order valence-electron chi connectivity index (χ2n) is 7.24. The average molecular weight is 447 g/mol. The zero-order valence-electron chi connectivity index (χ0n) is 16.5. The molecule has 0 aromatic heterocycles. The van der Waals surface area contributed by atoms with Crippen LogP contribution in [0, 0.1) is 0 Å². The Bertz CT molecular complexity index is 1100. The first-order chi connectivity index (χ1) is 14.4. The summed E-state index contributed by atoms with van der Waals surface area (Å²) in [6.45, 7) is -0.254. The Labute approximate surface area is 179 Å². The zero-order chi connectivity index (χ0) is 21.3. The summed E-state index contributed by atoms with van der Waals surface area (Å²) in [5.74, 6) is -0.638. The molecule has 0 saturated carbocycles. The number of anilines is 1. The van der Waals surface area contributed by atoms with E-state index in [0.717, 1.165) is 35.3 Å². The molecule has 30 heavy (non-hydrogen) atoms. The van der Waals surface area contributed by atoms with Crippen molar-refractivity contribution in [3.05, 3.63) is 53.6 Å². The number of hydrogen-bond donors (Lipinski definition) is 1. The lowest BCUT2D eigenvalue weighted by molar-refractivity contribution is -0.139. The maximum absolute atomic E-state index is 13.1. The molecule has 7 nitrogen and oxygen atoms in total. The molecule has 0 spiro atoms. The lowest BCUT2D eigenvalue weighted by Gasteiger charge is -2.29. The normalized spacial score (nSPS) is 18.5. The van der Waals surface area contributed by atoms with Crippen LogP contribution in [0.25, 0.3) is 0 Å². The maximum atomic E-state index is 13.1. The molecule has 0 fully saturated rings. The molecule has 1 heterocycles. The van der Waals surface area contributed by atoms with E-state index in [1.807, 2.05) is 24.3 Å². The monoisotopic (exact) mass is 446 g/mol. The molecular formula is C21H22N2O5S2. The van der Waals surface area contributed by atoms with Gasteiger partial charge in [-0.3, -0.25) is 14.5 Å². The van der Waals surface area contributed by atoms with Crippen molar-refractivity contribution in [2.24, 2.45) is 0 Å². The predicted molar refractivity (Wildman–Crippen MR) is 114 cm³/mol. The van der Waals surface area contributed by atoms with Crippen molar-refractivity contribution in [2.75, 3.05) is 24.3 Å². The van der Waals surface area contributed by atoms with Gasteiger partial charge in [0.2, 0.25) is 15.9 Å². The number of nitrogens with zero attached hydrogens (tertiary/aromatic N) is 1. The van der Waals surface area contributed by atoms with Gasteiger partial charge in [-0.05, 0) is 48.6 Å². The van der Waals surface area contributed by atoms with Gasteiger partial charge in [0.05, 0.1) is 23.4 Å². The first kappa shape index (κ1) is 20.9. The molecule has 9 heteroatoms. The fraction of sp³-hybridized carbons (Fsp3) is 0.333. The summed E-state index contributed by atoms with van der Waals surface area (Å²) in [6, 6.07) is 12.2. The minimum absolute atomic E-state index is 0.0643. The highest BCUT2D eigenvalue weighted by atomic mass is 32.2. The van der Waals surface area contributed by atoms with Gasteiger partial charge in [-0.15, -0.1) is 11.8 Å². The van der Waals surface area contributed by atoms with Gasteiger partial charge in [0.15, 0.2) is 0 Å². The van der Waals surface area contributed by atoms with E-state index in [-0.39, 0.29) is 29.1 Å². The van der Waals surface area contributed by atoms with Gasteiger partial charge in [0.25, 0.3) is 0 Å². The number of methoxy groups -OCH3 is 1. The van der Waals surface area contributed by atoms with E-state index in [1.165, 1.54) is 35.9 Å². The van der Waals surface area contributed by atoms with Gasteiger partial charge >= 0.3 is 5.97 Å². The number of amides is 1. The van der Waals surface area contributed by atoms with Crippen LogP contribution in [-0.4, -0.2) is 39.7 Å². The number of sulfonamides is 1. The average Bonchev–Trinajstić information content (AvgIpc) is 2.75. The molecule has 4 rings (SSSR count). The van der Waals surface area contributed by atoms with Crippen LogP contribution in [0.3, 0.4) is 0 Å². The number of hydrogen-bond acceptors (Lipinski definition) is 6. The lowest BCUT2D eigenvalue weighted by Crippen LogP contribution is -2.40. The maximum Gasteiger partial charge on any atom is 0.325 e. The third-order valence-electron chi connectivity index (χ3n) is 5.37. The van der Waals surface area contributed by atoms with Crippen molar-refractivity contribution in [1.29, 1.82) is 0 Å². The number of ether oxygens (including phenoxy) is 1. The molecule has 2 aliphatic rings. The van der Waals surface area contributed by atoms with Crippen molar-refractivity contribution < 1.29 is 22.7 Å². The number of benzene rings is 2. The minimum atomic E-state index is -3.82. The lowest BCUT2D eigenvalue weighted by atomic mass is 9.88. The molecule has 158 valence electrons. The van der Waals surface area contributed by atoms with Gasteiger partial charge < -0.3 is 4.74 Å². The van der Waals surface area contributed by atoms with Gasteiger partial charge in [0, 0.05) is 10.9 Å². The van der Waals surface area contributed by atoms with E-state index < -0.39 is 16.0 Å². The summed E-state index contributed by atoms with van der Waals surface area (Å²) in [5.41, 5.74) is 2.57. The quantitative estimate of drug-likeness (QED) is 0.710. The molecule has 1 aliphatic carbocycles. The minimum Gasteiger partial charge on any atom is -0.468 e. The predicted octanol–water partition coefficient (Wildman–Crippen LogP) is 2.65. The van der Waals surface area contributed by atoms with Crippen LogP contribution in [0.1, 0.15) is 30.0 Å².